The van der Waals surface area contributed by atoms with E-state index in [0.717, 1.165) is 3.74 Å². The molecule has 0 spiro atoms. The number of hydrogen-bond acceptors (Lipinski definition) is 1. The molecular weight excluding hydrogens is 237 g/mol. The Labute approximate surface area is 61.9 Å². The van der Waals surface area contributed by atoms with Gasteiger partial charge in [-0.05, 0) is 0 Å². The van der Waals surface area contributed by atoms with Crippen molar-refractivity contribution in [2.24, 2.45) is 0 Å². The molecule has 1 rings (SSSR count). The second kappa shape index (κ2) is 3.29. The van der Waals surface area contributed by atoms with Gasteiger partial charge in [-0.1, -0.05) is 0 Å². The molecule has 0 bridgehead atoms. The molecule has 0 aliphatic rings. The summed E-state index contributed by atoms with van der Waals surface area (Å²) in [6.07, 6.45) is 1.77. The van der Waals surface area contributed by atoms with E-state index in [1.807, 2.05) is 18.2 Å². The minimum atomic E-state index is -0.481. The van der Waals surface area contributed by atoms with Gasteiger partial charge in [0.1, 0.15) is 0 Å². The molecule has 0 fully saturated rings. The van der Waals surface area contributed by atoms with Gasteiger partial charge in [-0.15, -0.1) is 0 Å². The summed E-state index contributed by atoms with van der Waals surface area (Å²) in [7, 11) is 5.59. The van der Waals surface area contributed by atoms with Crippen LogP contribution in [0.2, 0.25) is 0 Å². The summed E-state index contributed by atoms with van der Waals surface area (Å²) in [5.74, 6) is 0. The van der Waals surface area contributed by atoms with Gasteiger partial charge in [-0.3, -0.25) is 0 Å². The first-order valence-corrected chi connectivity index (χ1v) is 6.25. The van der Waals surface area contributed by atoms with Gasteiger partial charge in [0.25, 0.3) is 0 Å². The van der Waals surface area contributed by atoms with Crippen LogP contribution in [0.5, 0.6) is 0 Å². The summed E-state index contributed by atoms with van der Waals surface area (Å²) >= 11 is -0.481. The van der Waals surface area contributed by atoms with Gasteiger partial charge in [-0.2, -0.15) is 0 Å². The molecule has 0 unspecified atom stereocenters. The fourth-order valence-corrected chi connectivity index (χ4v) is 1.66. The quantitative estimate of drug-likeness (QED) is 0.655. The standard InChI is InChI=1S/C5H4ClNTe/c6-8-5-3-1-2-4-7-5/h1-4H. The van der Waals surface area contributed by atoms with Crippen molar-refractivity contribution in [2.45, 2.75) is 0 Å². The third kappa shape index (κ3) is 1.63. The monoisotopic (exact) mass is 243 g/mol. The van der Waals surface area contributed by atoms with E-state index in [0.29, 0.717) is 0 Å². The van der Waals surface area contributed by atoms with Crippen molar-refractivity contribution in [3.8, 4) is 0 Å². The molecule has 0 saturated carbocycles. The van der Waals surface area contributed by atoms with E-state index >= 15 is 0 Å². The van der Waals surface area contributed by atoms with Crippen molar-refractivity contribution >= 4 is 32.5 Å². The maximum atomic E-state index is 5.59. The average molecular weight is 241 g/mol. The first-order chi connectivity index (χ1) is 3.93. The van der Waals surface area contributed by atoms with Crippen molar-refractivity contribution in [2.75, 3.05) is 0 Å². The van der Waals surface area contributed by atoms with E-state index < -0.39 is 19.8 Å². The van der Waals surface area contributed by atoms with Crippen LogP contribution in [0.1, 0.15) is 0 Å². The number of pyridine rings is 1. The summed E-state index contributed by atoms with van der Waals surface area (Å²) in [5.41, 5.74) is 0. The zero-order valence-electron chi connectivity index (χ0n) is 4.04. The molecule has 0 atom stereocenters. The molecule has 0 radical (unpaired) electrons. The van der Waals surface area contributed by atoms with Crippen LogP contribution in [0.3, 0.4) is 0 Å². The molecule has 8 heavy (non-hydrogen) atoms. The number of hydrogen-bond donors (Lipinski definition) is 0. The first-order valence-electron chi connectivity index (χ1n) is 2.13. The summed E-state index contributed by atoms with van der Waals surface area (Å²) in [6.45, 7) is 0. The van der Waals surface area contributed by atoms with E-state index in [2.05, 4.69) is 4.98 Å². The normalized spacial score (nSPS) is 9.12. The van der Waals surface area contributed by atoms with Crippen LogP contribution in [-0.4, -0.2) is 24.8 Å². The SMILES string of the molecule is Cl[Te]c1ccccn1. The maximum absolute atomic E-state index is 5.59. The van der Waals surface area contributed by atoms with Crippen LogP contribution in [0.25, 0.3) is 0 Å². The molecule has 3 heteroatoms. The zero-order chi connectivity index (χ0) is 5.82. The van der Waals surface area contributed by atoms with Gasteiger partial charge in [0.15, 0.2) is 0 Å². The Morgan fingerprint density at radius 1 is 1.50 bits per heavy atom. The molecule has 0 amide bonds. The Balaban J connectivity index is 2.83. The summed E-state index contributed by atoms with van der Waals surface area (Å²) in [5, 5.41) is 0. The van der Waals surface area contributed by atoms with Gasteiger partial charge in [-0.25, -0.2) is 0 Å². The van der Waals surface area contributed by atoms with Crippen molar-refractivity contribution in [3.63, 3.8) is 0 Å². The summed E-state index contributed by atoms with van der Waals surface area (Å²) in [4.78, 5) is 4.02. The molecule has 1 aromatic heterocycles. The average Bonchev–Trinajstić information content (AvgIpc) is 1.90. The number of halogens is 1. The predicted molar refractivity (Wildman–Crippen MR) is 35.5 cm³/mol. The van der Waals surface area contributed by atoms with Crippen LogP contribution in [0.4, 0.5) is 0 Å². The molecular formula is C5H4ClNTe. The molecule has 1 nitrogen and oxygen atoms in total. The van der Waals surface area contributed by atoms with E-state index in [1.165, 1.54) is 0 Å². The van der Waals surface area contributed by atoms with Gasteiger partial charge < -0.3 is 0 Å². The third-order valence-corrected chi connectivity index (χ3v) is 2.92. The van der Waals surface area contributed by atoms with Crippen molar-refractivity contribution in [3.05, 3.63) is 24.4 Å². The Kier molecular flexibility index (Phi) is 2.61. The molecule has 0 N–H and O–H groups in total. The topological polar surface area (TPSA) is 12.9 Å². The number of aromatic nitrogens is 1. The Morgan fingerprint density at radius 3 is 2.75 bits per heavy atom. The second-order valence-electron chi connectivity index (χ2n) is 1.25. The van der Waals surface area contributed by atoms with Crippen LogP contribution < -0.4 is 3.74 Å². The number of nitrogens with zero attached hydrogens (tertiary/aromatic N) is 1. The summed E-state index contributed by atoms with van der Waals surface area (Å²) < 4.78 is 1.06. The molecule has 1 aromatic rings. The van der Waals surface area contributed by atoms with E-state index in [9.17, 15) is 0 Å². The Morgan fingerprint density at radius 2 is 2.38 bits per heavy atom. The van der Waals surface area contributed by atoms with Crippen molar-refractivity contribution < 1.29 is 0 Å². The zero-order valence-corrected chi connectivity index (χ0v) is 7.13. The molecule has 0 saturated heterocycles. The predicted octanol–water partition coefficient (Wildman–Crippen LogP) is 0.565. The van der Waals surface area contributed by atoms with E-state index in [-0.39, 0.29) is 0 Å². The van der Waals surface area contributed by atoms with E-state index in [1.54, 1.807) is 6.20 Å². The Bertz CT molecular complexity index is 154. The molecule has 0 aliphatic heterocycles. The van der Waals surface area contributed by atoms with Crippen LogP contribution in [-0.2, 0) is 0 Å². The molecule has 42 valence electrons. The van der Waals surface area contributed by atoms with E-state index in [4.69, 9.17) is 8.96 Å². The molecule has 1 heterocycles. The molecule has 0 aromatic carbocycles. The van der Waals surface area contributed by atoms with Gasteiger partial charge in [0, 0.05) is 0 Å². The van der Waals surface area contributed by atoms with Crippen molar-refractivity contribution in [1.29, 1.82) is 0 Å². The van der Waals surface area contributed by atoms with Gasteiger partial charge >= 0.3 is 61.9 Å². The summed E-state index contributed by atoms with van der Waals surface area (Å²) in [6, 6.07) is 5.80. The fourth-order valence-electron chi connectivity index (χ4n) is 0.393. The molecule has 0 aliphatic carbocycles. The van der Waals surface area contributed by atoms with Crippen LogP contribution in [0, 0.1) is 0 Å². The first kappa shape index (κ1) is 6.35. The van der Waals surface area contributed by atoms with Crippen molar-refractivity contribution in [1.82, 2.24) is 4.98 Å². The van der Waals surface area contributed by atoms with Crippen LogP contribution in [0.15, 0.2) is 24.4 Å². The second-order valence-corrected chi connectivity index (χ2v) is 3.91. The van der Waals surface area contributed by atoms with Gasteiger partial charge in [0.05, 0.1) is 0 Å². The van der Waals surface area contributed by atoms with Crippen LogP contribution >= 0.6 is 8.96 Å². The Hall–Kier alpha value is 0.230. The third-order valence-electron chi connectivity index (χ3n) is 0.717. The number of rotatable bonds is 1. The minimum absolute atomic E-state index is 0.481. The fraction of sp³-hybridized carbons (Fsp3) is 0. The van der Waals surface area contributed by atoms with Gasteiger partial charge in [0.2, 0.25) is 0 Å².